The van der Waals surface area contributed by atoms with E-state index in [4.69, 9.17) is 4.74 Å². The molecule has 0 spiro atoms. The second-order valence-electron chi connectivity index (χ2n) is 11.1. The summed E-state index contributed by atoms with van der Waals surface area (Å²) in [5, 5.41) is 2.94. The number of ether oxygens (including phenoxy) is 1. The van der Waals surface area contributed by atoms with Crippen LogP contribution in [-0.4, -0.2) is 57.1 Å². The number of sulfonamides is 1. The van der Waals surface area contributed by atoms with Crippen LogP contribution in [-0.2, 0) is 32.6 Å². The van der Waals surface area contributed by atoms with Crippen LogP contribution in [0.15, 0.2) is 113 Å². The van der Waals surface area contributed by atoms with Crippen LogP contribution in [0.4, 0.5) is 10.1 Å². The zero-order chi connectivity index (χ0) is 34.5. The molecule has 0 aliphatic heterocycles. The predicted molar refractivity (Wildman–Crippen MR) is 189 cm³/mol. The van der Waals surface area contributed by atoms with Crippen LogP contribution in [0.25, 0.3) is 0 Å². The third-order valence-electron chi connectivity index (χ3n) is 7.76. The normalized spacial score (nSPS) is 11.8. The maximum absolute atomic E-state index is 15.1. The Balaban J connectivity index is 1.80. The van der Waals surface area contributed by atoms with Gasteiger partial charge in [-0.15, -0.1) is 11.8 Å². The minimum Gasteiger partial charge on any atom is -0.494 e. The lowest BCUT2D eigenvalue weighted by Gasteiger charge is -2.34. The number of rotatable bonds is 17. The van der Waals surface area contributed by atoms with E-state index in [1.54, 1.807) is 54.6 Å². The van der Waals surface area contributed by atoms with Gasteiger partial charge in [-0.1, -0.05) is 61.9 Å². The van der Waals surface area contributed by atoms with Crippen molar-refractivity contribution in [3.05, 3.63) is 120 Å². The second-order valence-corrected chi connectivity index (χ2v) is 13.8. The Labute approximate surface area is 287 Å². The van der Waals surface area contributed by atoms with E-state index in [-0.39, 0.29) is 29.1 Å². The molecule has 0 saturated heterocycles. The molecule has 1 N–H and O–H groups in total. The van der Waals surface area contributed by atoms with Crippen LogP contribution >= 0.6 is 11.8 Å². The average Bonchev–Trinajstić information content (AvgIpc) is 3.10. The molecule has 4 rings (SSSR count). The molecule has 4 aromatic carbocycles. The number of hydrogen-bond donors (Lipinski definition) is 1. The number of hydrogen-bond acceptors (Lipinski definition) is 6. The topological polar surface area (TPSA) is 96.0 Å². The van der Waals surface area contributed by atoms with E-state index in [2.05, 4.69) is 5.32 Å². The minimum absolute atomic E-state index is 0.000725. The first kappa shape index (κ1) is 36.5. The number of anilines is 1. The molecule has 254 valence electrons. The van der Waals surface area contributed by atoms with Crippen LogP contribution in [0.1, 0.15) is 37.8 Å². The van der Waals surface area contributed by atoms with Crippen molar-refractivity contribution < 1.29 is 27.1 Å². The average molecular weight is 692 g/mol. The first-order valence-electron chi connectivity index (χ1n) is 15.9. The first-order chi connectivity index (χ1) is 23.2. The number of amides is 2. The monoisotopic (exact) mass is 691 g/mol. The smallest absolute Gasteiger partial charge is 0.264 e. The van der Waals surface area contributed by atoms with Gasteiger partial charge in [-0.3, -0.25) is 13.9 Å². The van der Waals surface area contributed by atoms with E-state index in [9.17, 15) is 18.0 Å². The number of halogens is 1. The number of nitrogens with one attached hydrogen (secondary N) is 1. The SMILES string of the molecule is CCCCNC(=O)[C@@H](Cc1ccccc1)N(Cc1ccccc1F)C(=O)CN(c1ccc(OCC)cc1)S(=O)(=O)c1ccc(SC)cc1. The summed E-state index contributed by atoms with van der Waals surface area (Å²) < 4.78 is 50.2. The number of benzene rings is 4. The van der Waals surface area contributed by atoms with Gasteiger partial charge in [0, 0.05) is 30.0 Å². The largest absolute Gasteiger partial charge is 0.494 e. The van der Waals surface area contributed by atoms with Gasteiger partial charge >= 0.3 is 0 Å². The van der Waals surface area contributed by atoms with Crippen LogP contribution in [0.3, 0.4) is 0 Å². The zero-order valence-electron chi connectivity index (χ0n) is 27.5. The van der Waals surface area contributed by atoms with Crippen molar-refractivity contribution in [2.75, 3.05) is 30.3 Å². The molecule has 4 aromatic rings. The lowest BCUT2D eigenvalue weighted by molar-refractivity contribution is -0.140. The van der Waals surface area contributed by atoms with Gasteiger partial charge in [0.05, 0.1) is 17.2 Å². The molecule has 0 aliphatic rings. The molecule has 0 unspecified atom stereocenters. The maximum Gasteiger partial charge on any atom is 0.264 e. The molecule has 2 amide bonds. The summed E-state index contributed by atoms with van der Waals surface area (Å²) in [7, 11) is -4.28. The minimum atomic E-state index is -4.28. The first-order valence-corrected chi connectivity index (χ1v) is 18.6. The van der Waals surface area contributed by atoms with Crippen molar-refractivity contribution in [1.82, 2.24) is 10.2 Å². The van der Waals surface area contributed by atoms with E-state index in [1.807, 2.05) is 50.4 Å². The summed E-state index contributed by atoms with van der Waals surface area (Å²) in [6.45, 7) is 3.80. The summed E-state index contributed by atoms with van der Waals surface area (Å²) in [5.41, 5.74) is 1.23. The molecule has 0 saturated carbocycles. The highest BCUT2D eigenvalue weighted by Crippen LogP contribution is 2.28. The summed E-state index contributed by atoms with van der Waals surface area (Å²) in [6, 6.07) is 27.1. The van der Waals surface area contributed by atoms with Crippen molar-refractivity contribution in [3.8, 4) is 5.75 Å². The molecule has 0 bridgehead atoms. The highest BCUT2D eigenvalue weighted by atomic mass is 32.2. The molecule has 0 radical (unpaired) electrons. The predicted octanol–water partition coefficient (Wildman–Crippen LogP) is 6.70. The molecule has 0 fully saturated rings. The lowest BCUT2D eigenvalue weighted by atomic mass is 10.0. The third-order valence-corrected chi connectivity index (χ3v) is 10.3. The molecular weight excluding hydrogens is 650 g/mol. The Morgan fingerprint density at radius 2 is 1.56 bits per heavy atom. The van der Waals surface area contributed by atoms with Crippen LogP contribution in [0.2, 0.25) is 0 Å². The summed E-state index contributed by atoms with van der Waals surface area (Å²) in [4.78, 5) is 30.6. The van der Waals surface area contributed by atoms with Crippen molar-refractivity contribution in [2.24, 2.45) is 0 Å². The van der Waals surface area contributed by atoms with Crippen molar-refractivity contribution >= 4 is 39.3 Å². The molecule has 0 aromatic heterocycles. The van der Waals surface area contributed by atoms with Gasteiger partial charge in [0.25, 0.3) is 10.0 Å². The zero-order valence-corrected chi connectivity index (χ0v) is 29.1. The Bertz CT molecular complexity index is 1740. The van der Waals surface area contributed by atoms with Crippen molar-refractivity contribution in [2.45, 2.75) is 55.5 Å². The summed E-state index contributed by atoms with van der Waals surface area (Å²) in [5.74, 6) is -1.06. The Morgan fingerprint density at radius 3 is 2.19 bits per heavy atom. The van der Waals surface area contributed by atoms with Crippen molar-refractivity contribution in [3.63, 3.8) is 0 Å². The van der Waals surface area contributed by atoms with E-state index in [0.717, 1.165) is 27.6 Å². The number of thioether (sulfide) groups is 1. The molecule has 11 heteroatoms. The van der Waals surface area contributed by atoms with Crippen LogP contribution in [0.5, 0.6) is 5.75 Å². The molecule has 0 heterocycles. The molecular formula is C37H42FN3O5S2. The van der Waals surface area contributed by atoms with E-state index in [1.165, 1.54) is 34.9 Å². The quantitative estimate of drug-likeness (QED) is 0.0979. The lowest BCUT2D eigenvalue weighted by Crippen LogP contribution is -2.53. The fraction of sp³-hybridized carbons (Fsp3) is 0.297. The Morgan fingerprint density at radius 1 is 0.896 bits per heavy atom. The summed E-state index contributed by atoms with van der Waals surface area (Å²) in [6.07, 6.45) is 3.63. The fourth-order valence-corrected chi connectivity index (χ4v) is 6.97. The van der Waals surface area contributed by atoms with Crippen molar-refractivity contribution in [1.29, 1.82) is 0 Å². The third kappa shape index (κ3) is 9.60. The van der Waals surface area contributed by atoms with Crippen LogP contribution < -0.4 is 14.4 Å². The van der Waals surface area contributed by atoms with Crippen LogP contribution in [0, 0.1) is 5.82 Å². The molecule has 1 atom stereocenters. The standard InChI is InChI=1S/C37H42FN3O5S2/c1-4-6-24-39-37(43)35(25-28-12-8-7-9-13-28)40(26-29-14-10-11-15-34(29)38)36(42)27-41(30-16-18-31(19-17-30)46-5-2)48(44,45)33-22-20-32(47-3)21-23-33/h7-23,35H,4-6,24-27H2,1-3H3,(H,39,43)/t35-/m1/s1. The molecule has 8 nitrogen and oxygen atoms in total. The Hall–Kier alpha value is -4.35. The van der Waals surface area contributed by atoms with Gasteiger partial charge in [0.2, 0.25) is 11.8 Å². The second kappa shape index (κ2) is 17.7. The molecule has 0 aliphatic carbocycles. The maximum atomic E-state index is 15.1. The highest BCUT2D eigenvalue weighted by Gasteiger charge is 2.35. The highest BCUT2D eigenvalue weighted by molar-refractivity contribution is 7.98. The van der Waals surface area contributed by atoms with Gasteiger partial charge < -0.3 is 15.0 Å². The van der Waals surface area contributed by atoms with E-state index < -0.39 is 40.2 Å². The fourth-order valence-electron chi connectivity index (χ4n) is 5.15. The van der Waals surface area contributed by atoms with Gasteiger partial charge in [-0.05, 0) is 79.8 Å². The van der Waals surface area contributed by atoms with E-state index >= 15 is 4.39 Å². The van der Waals surface area contributed by atoms with Gasteiger partial charge in [0.15, 0.2) is 0 Å². The number of nitrogens with zero attached hydrogens (tertiary/aromatic N) is 2. The van der Waals surface area contributed by atoms with Gasteiger partial charge in [0.1, 0.15) is 24.2 Å². The molecule has 48 heavy (non-hydrogen) atoms. The number of unbranched alkanes of at least 4 members (excludes halogenated alkanes) is 1. The number of carbonyl (C=O) groups is 2. The van der Waals surface area contributed by atoms with Gasteiger partial charge in [-0.25, -0.2) is 12.8 Å². The van der Waals surface area contributed by atoms with E-state index in [0.29, 0.717) is 18.9 Å². The van der Waals surface area contributed by atoms with Gasteiger partial charge in [-0.2, -0.15) is 0 Å². The number of carbonyl (C=O) groups excluding carboxylic acids is 2. The Kier molecular flexibility index (Phi) is 13.5. The summed E-state index contributed by atoms with van der Waals surface area (Å²) >= 11 is 1.48.